The van der Waals surface area contributed by atoms with Crippen molar-refractivity contribution in [1.82, 2.24) is 0 Å². The van der Waals surface area contributed by atoms with Crippen molar-refractivity contribution < 1.29 is 23.8 Å². The second kappa shape index (κ2) is 9.76. The molecule has 0 atom stereocenters. The zero-order chi connectivity index (χ0) is 21.5. The Labute approximate surface area is 179 Å². The van der Waals surface area contributed by atoms with Crippen LogP contribution in [-0.4, -0.2) is 26.0 Å². The molecule has 0 aromatic heterocycles. The Morgan fingerprint density at radius 3 is 2.30 bits per heavy atom. The van der Waals surface area contributed by atoms with Crippen LogP contribution < -0.4 is 14.2 Å². The minimum Gasteiger partial charge on any atom is -0.497 e. The third kappa shape index (κ3) is 5.07. The molecule has 0 N–H and O–H groups in total. The van der Waals surface area contributed by atoms with Gasteiger partial charge in [0.2, 0.25) is 0 Å². The van der Waals surface area contributed by atoms with Crippen LogP contribution in [0, 0.1) is 0 Å². The fourth-order valence-corrected chi connectivity index (χ4v) is 2.84. The molecular weight excluding hydrogens is 404 g/mol. The predicted octanol–water partition coefficient (Wildman–Crippen LogP) is 5.47. The first-order valence-corrected chi connectivity index (χ1v) is 9.41. The number of hydrogen-bond donors (Lipinski definition) is 0. The van der Waals surface area contributed by atoms with Gasteiger partial charge in [0, 0.05) is 16.7 Å². The van der Waals surface area contributed by atoms with E-state index in [1.165, 1.54) is 13.2 Å². The maximum atomic E-state index is 12.7. The zero-order valence-electron chi connectivity index (χ0n) is 16.4. The number of halogens is 1. The third-order valence-electron chi connectivity index (χ3n) is 4.29. The van der Waals surface area contributed by atoms with Crippen LogP contribution in [0.5, 0.6) is 17.2 Å². The number of carbonyl (C=O) groups is 2. The first kappa shape index (κ1) is 21.1. The summed E-state index contributed by atoms with van der Waals surface area (Å²) >= 11 is 5.85. The molecule has 0 aliphatic carbocycles. The average Bonchev–Trinajstić information content (AvgIpc) is 2.78. The van der Waals surface area contributed by atoms with Crippen molar-refractivity contribution in [1.29, 1.82) is 0 Å². The lowest BCUT2D eigenvalue weighted by molar-refractivity contribution is 0.0734. The van der Waals surface area contributed by atoms with E-state index in [9.17, 15) is 9.59 Å². The highest BCUT2D eigenvalue weighted by Crippen LogP contribution is 2.26. The van der Waals surface area contributed by atoms with Gasteiger partial charge in [0.15, 0.2) is 5.78 Å². The van der Waals surface area contributed by atoms with E-state index in [2.05, 4.69) is 0 Å². The molecule has 0 bridgehead atoms. The molecule has 0 unspecified atom stereocenters. The number of methoxy groups -OCH3 is 2. The van der Waals surface area contributed by atoms with E-state index in [1.54, 1.807) is 79.9 Å². The molecule has 30 heavy (non-hydrogen) atoms. The van der Waals surface area contributed by atoms with Crippen molar-refractivity contribution in [2.75, 3.05) is 14.2 Å². The summed E-state index contributed by atoms with van der Waals surface area (Å²) in [5.41, 5.74) is 1.35. The second-order valence-electron chi connectivity index (χ2n) is 6.20. The lowest BCUT2D eigenvalue weighted by atomic mass is 10.1. The summed E-state index contributed by atoms with van der Waals surface area (Å²) in [6.45, 7) is 0. The summed E-state index contributed by atoms with van der Waals surface area (Å²) < 4.78 is 15.9. The van der Waals surface area contributed by atoms with Gasteiger partial charge in [-0.15, -0.1) is 0 Å². The summed E-state index contributed by atoms with van der Waals surface area (Å²) in [6.07, 6.45) is 3.00. The highest BCUT2D eigenvalue weighted by Gasteiger charge is 2.13. The summed E-state index contributed by atoms with van der Waals surface area (Å²) in [5, 5.41) is 0.530. The van der Waals surface area contributed by atoms with Gasteiger partial charge in [-0.1, -0.05) is 29.8 Å². The molecule has 0 heterocycles. The van der Waals surface area contributed by atoms with Crippen LogP contribution in [0.1, 0.15) is 26.3 Å². The molecule has 152 valence electrons. The number of para-hydroxylation sites is 1. The highest BCUT2D eigenvalue weighted by molar-refractivity contribution is 6.30. The van der Waals surface area contributed by atoms with Gasteiger partial charge in [-0.05, 0) is 54.6 Å². The molecule has 0 saturated carbocycles. The lowest BCUT2D eigenvalue weighted by Gasteiger charge is -2.09. The van der Waals surface area contributed by atoms with Gasteiger partial charge in [0.25, 0.3) is 0 Å². The molecule has 0 spiro atoms. The van der Waals surface area contributed by atoms with Gasteiger partial charge in [-0.2, -0.15) is 0 Å². The zero-order valence-corrected chi connectivity index (χ0v) is 17.2. The standard InChI is InChI=1S/C24H19ClO5/c1-28-19-12-13-20(23(15-19)29-2)21(26)14-9-16-5-3-4-6-22(16)30-24(27)17-7-10-18(25)11-8-17/h3-15H,1-2H3/b14-9+. The number of benzene rings is 3. The number of ether oxygens (including phenoxy) is 3. The van der Waals surface area contributed by atoms with E-state index in [0.29, 0.717) is 39.0 Å². The van der Waals surface area contributed by atoms with Crippen LogP contribution in [0.2, 0.25) is 5.02 Å². The normalized spacial score (nSPS) is 10.6. The number of rotatable bonds is 7. The molecule has 3 aromatic carbocycles. The average molecular weight is 423 g/mol. The first-order chi connectivity index (χ1) is 14.5. The van der Waals surface area contributed by atoms with Crippen LogP contribution in [0.4, 0.5) is 0 Å². The van der Waals surface area contributed by atoms with E-state index >= 15 is 0 Å². The Morgan fingerprint density at radius 2 is 1.60 bits per heavy atom. The van der Waals surface area contributed by atoms with E-state index < -0.39 is 5.97 Å². The predicted molar refractivity (Wildman–Crippen MR) is 116 cm³/mol. The van der Waals surface area contributed by atoms with Gasteiger partial charge in [0.05, 0.1) is 25.3 Å². The third-order valence-corrected chi connectivity index (χ3v) is 4.54. The van der Waals surface area contributed by atoms with Crippen LogP contribution in [0.25, 0.3) is 6.08 Å². The fraction of sp³-hybridized carbons (Fsp3) is 0.0833. The summed E-state index contributed by atoms with van der Waals surface area (Å²) in [6, 6.07) is 18.3. The second-order valence-corrected chi connectivity index (χ2v) is 6.63. The smallest absolute Gasteiger partial charge is 0.343 e. The van der Waals surface area contributed by atoms with Crippen molar-refractivity contribution in [3.8, 4) is 17.2 Å². The number of allylic oxidation sites excluding steroid dienone is 1. The first-order valence-electron chi connectivity index (χ1n) is 9.03. The Bertz CT molecular complexity index is 1090. The largest absolute Gasteiger partial charge is 0.497 e. The Hall–Kier alpha value is -3.57. The molecular formula is C24H19ClO5. The van der Waals surface area contributed by atoms with Crippen molar-refractivity contribution in [2.45, 2.75) is 0 Å². The molecule has 0 radical (unpaired) electrons. The van der Waals surface area contributed by atoms with E-state index in [4.69, 9.17) is 25.8 Å². The Kier molecular flexibility index (Phi) is 6.88. The van der Waals surface area contributed by atoms with Crippen molar-refractivity contribution >= 4 is 29.4 Å². The quantitative estimate of drug-likeness (QED) is 0.218. The molecule has 5 nitrogen and oxygen atoms in total. The molecule has 0 aliphatic heterocycles. The van der Waals surface area contributed by atoms with Crippen LogP contribution in [-0.2, 0) is 0 Å². The van der Waals surface area contributed by atoms with E-state index in [0.717, 1.165) is 0 Å². The minimum absolute atomic E-state index is 0.256. The number of ketones is 1. The molecule has 3 aromatic rings. The van der Waals surface area contributed by atoms with Crippen molar-refractivity contribution in [3.63, 3.8) is 0 Å². The van der Waals surface area contributed by atoms with Gasteiger partial charge in [-0.3, -0.25) is 4.79 Å². The fourth-order valence-electron chi connectivity index (χ4n) is 2.71. The number of carbonyl (C=O) groups excluding carboxylic acids is 2. The van der Waals surface area contributed by atoms with Crippen LogP contribution in [0.15, 0.2) is 72.8 Å². The maximum Gasteiger partial charge on any atom is 0.343 e. The monoisotopic (exact) mass is 422 g/mol. The molecule has 0 saturated heterocycles. The lowest BCUT2D eigenvalue weighted by Crippen LogP contribution is -2.09. The Balaban J connectivity index is 1.80. The maximum absolute atomic E-state index is 12.7. The molecule has 0 aliphatic rings. The van der Waals surface area contributed by atoms with E-state index in [1.807, 2.05) is 0 Å². The topological polar surface area (TPSA) is 61.8 Å². The van der Waals surface area contributed by atoms with Gasteiger partial charge < -0.3 is 14.2 Å². The molecule has 0 amide bonds. The SMILES string of the molecule is COc1ccc(C(=O)/C=C/c2ccccc2OC(=O)c2ccc(Cl)cc2)c(OC)c1. The Morgan fingerprint density at radius 1 is 0.867 bits per heavy atom. The summed E-state index contributed by atoms with van der Waals surface area (Å²) in [4.78, 5) is 25.1. The summed E-state index contributed by atoms with van der Waals surface area (Å²) in [7, 11) is 3.03. The van der Waals surface area contributed by atoms with Crippen molar-refractivity contribution in [2.24, 2.45) is 0 Å². The van der Waals surface area contributed by atoms with Gasteiger partial charge in [0.1, 0.15) is 17.2 Å². The van der Waals surface area contributed by atoms with Gasteiger partial charge in [-0.25, -0.2) is 4.79 Å². The van der Waals surface area contributed by atoms with Crippen molar-refractivity contribution in [3.05, 3.63) is 94.5 Å². The van der Waals surface area contributed by atoms with Gasteiger partial charge >= 0.3 is 5.97 Å². The molecule has 3 rings (SSSR count). The van der Waals surface area contributed by atoms with Crippen LogP contribution >= 0.6 is 11.6 Å². The van der Waals surface area contributed by atoms with E-state index in [-0.39, 0.29) is 5.78 Å². The highest BCUT2D eigenvalue weighted by atomic mass is 35.5. The number of hydrogen-bond acceptors (Lipinski definition) is 5. The van der Waals surface area contributed by atoms with Crippen LogP contribution in [0.3, 0.4) is 0 Å². The summed E-state index contributed by atoms with van der Waals surface area (Å²) in [5.74, 6) is 0.561. The minimum atomic E-state index is -0.518. The number of esters is 1. The molecule has 6 heteroatoms. The molecule has 0 fully saturated rings.